The fourth-order valence-electron chi connectivity index (χ4n) is 1.66. The van der Waals surface area contributed by atoms with Gasteiger partial charge in [0.1, 0.15) is 5.78 Å². The molecule has 0 amide bonds. The Morgan fingerprint density at radius 2 is 1.60 bits per heavy atom. The Balaban J connectivity index is 5.47. The third-order valence-corrected chi connectivity index (χ3v) is 2.50. The number of carboxylic acid groups (broad SMARTS) is 1. The van der Waals surface area contributed by atoms with Crippen LogP contribution in [-0.2, 0) is 28.7 Å². The summed E-state index contributed by atoms with van der Waals surface area (Å²) >= 11 is 0. The first-order valence-corrected chi connectivity index (χ1v) is 5.99. The average molecular weight is 290 g/mol. The van der Waals surface area contributed by atoms with Crippen LogP contribution in [0.15, 0.2) is 0 Å². The number of hydrogen-bond acceptors (Lipinski definition) is 7. The summed E-state index contributed by atoms with van der Waals surface area (Å²) in [7, 11) is 0. The van der Waals surface area contributed by atoms with Crippen molar-refractivity contribution in [2.24, 2.45) is 5.92 Å². The number of aliphatic carboxylic acids is 1. The molecule has 0 saturated carbocycles. The summed E-state index contributed by atoms with van der Waals surface area (Å²) in [5, 5.41) is 19.2. The summed E-state index contributed by atoms with van der Waals surface area (Å²) in [6.07, 6.45) is -1.03. The van der Waals surface area contributed by atoms with E-state index in [1.54, 1.807) is 0 Å². The Morgan fingerprint density at radius 3 is 1.95 bits per heavy atom. The topological polar surface area (TPSA) is 127 Å². The van der Waals surface area contributed by atoms with Crippen molar-refractivity contribution < 1.29 is 38.9 Å². The van der Waals surface area contributed by atoms with Gasteiger partial charge in [-0.05, 0) is 20.8 Å². The number of carboxylic acids is 1. The van der Waals surface area contributed by atoms with Gasteiger partial charge in [-0.1, -0.05) is 0 Å². The predicted molar refractivity (Wildman–Crippen MR) is 64.6 cm³/mol. The number of rotatable bonds is 8. The van der Waals surface area contributed by atoms with Gasteiger partial charge in [-0.25, -0.2) is 4.79 Å². The van der Waals surface area contributed by atoms with Gasteiger partial charge in [-0.3, -0.25) is 14.4 Å². The number of esters is 2. The van der Waals surface area contributed by atoms with Gasteiger partial charge >= 0.3 is 17.9 Å². The molecule has 0 fully saturated rings. The molecule has 0 bridgehead atoms. The van der Waals surface area contributed by atoms with Crippen LogP contribution in [0.2, 0.25) is 0 Å². The number of carbonyl (C=O) groups is 4. The summed E-state index contributed by atoms with van der Waals surface area (Å²) in [6.45, 7) is 3.75. The highest BCUT2D eigenvalue weighted by molar-refractivity contribution is 6.05. The first-order valence-electron chi connectivity index (χ1n) is 5.99. The van der Waals surface area contributed by atoms with E-state index in [9.17, 15) is 24.3 Å². The second-order valence-corrected chi connectivity index (χ2v) is 4.01. The van der Waals surface area contributed by atoms with Crippen LogP contribution in [0.25, 0.3) is 0 Å². The van der Waals surface area contributed by atoms with Gasteiger partial charge < -0.3 is 19.7 Å². The summed E-state index contributed by atoms with van der Waals surface area (Å²) in [5.74, 6) is -7.03. The van der Waals surface area contributed by atoms with Crippen LogP contribution in [0.3, 0.4) is 0 Å². The van der Waals surface area contributed by atoms with Crippen molar-refractivity contribution in [3.8, 4) is 0 Å². The number of hydrogen-bond donors (Lipinski definition) is 2. The summed E-state index contributed by atoms with van der Waals surface area (Å²) in [5.41, 5.74) is -2.90. The van der Waals surface area contributed by atoms with Crippen LogP contribution >= 0.6 is 0 Å². The lowest BCUT2D eigenvalue weighted by Crippen LogP contribution is -2.54. The Kier molecular flexibility index (Phi) is 6.84. The first-order chi connectivity index (χ1) is 9.20. The number of aliphatic hydroxyl groups is 1. The zero-order valence-corrected chi connectivity index (χ0v) is 11.5. The molecule has 20 heavy (non-hydrogen) atoms. The molecule has 2 unspecified atom stereocenters. The number of carbonyl (C=O) groups excluding carboxylic acids is 3. The molecule has 0 aromatic carbocycles. The molecule has 0 aliphatic rings. The molecule has 0 aliphatic heterocycles. The molecule has 114 valence electrons. The van der Waals surface area contributed by atoms with E-state index in [1.807, 2.05) is 0 Å². The summed E-state index contributed by atoms with van der Waals surface area (Å²) < 4.78 is 9.10. The van der Waals surface area contributed by atoms with E-state index in [1.165, 1.54) is 13.8 Å². The van der Waals surface area contributed by atoms with Gasteiger partial charge in [0.2, 0.25) is 0 Å². The monoisotopic (exact) mass is 290 g/mol. The van der Waals surface area contributed by atoms with Gasteiger partial charge in [0.15, 0.2) is 11.5 Å². The minimum atomic E-state index is -2.90. The fourth-order valence-corrected chi connectivity index (χ4v) is 1.66. The normalized spacial score (nSPS) is 14.8. The van der Waals surface area contributed by atoms with Crippen LogP contribution in [0.5, 0.6) is 0 Å². The Hall–Kier alpha value is -1.96. The standard InChI is InChI=1S/C12H18O8/c1-4-19-8(14)6-12(18,11(16)17)9(7(3)13)10(15)20-5-2/h9,18H,4-6H2,1-3H3,(H,16,17). The number of Topliss-reactive ketones (excluding diaryl/α,β-unsaturated/α-hetero) is 1. The van der Waals surface area contributed by atoms with Crippen molar-refractivity contribution in [3.63, 3.8) is 0 Å². The number of ketones is 1. The lowest BCUT2D eigenvalue weighted by atomic mass is 9.82. The van der Waals surface area contributed by atoms with Crippen LogP contribution in [0.1, 0.15) is 27.2 Å². The average Bonchev–Trinajstić information content (AvgIpc) is 2.28. The van der Waals surface area contributed by atoms with Gasteiger partial charge in [-0.2, -0.15) is 0 Å². The van der Waals surface area contributed by atoms with E-state index in [-0.39, 0.29) is 13.2 Å². The third-order valence-electron chi connectivity index (χ3n) is 2.50. The molecule has 0 saturated heterocycles. The van der Waals surface area contributed by atoms with Crippen molar-refractivity contribution in [1.82, 2.24) is 0 Å². The number of ether oxygens (including phenoxy) is 2. The van der Waals surface area contributed by atoms with E-state index >= 15 is 0 Å². The smallest absolute Gasteiger partial charge is 0.337 e. The summed E-state index contributed by atoms with van der Waals surface area (Å²) in [4.78, 5) is 45.7. The van der Waals surface area contributed by atoms with Crippen molar-refractivity contribution in [2.45, 2.75) is 32.8 Å². The minimum Gasteiger partial charge on any atom is -0.479 e. The van der Waals surface area contributed by atoms with E-state index in [0.29, 0.717) is 0 Å². The maximum Gasteiger partial charge on any atom is 0.337 e. The molecule has 0 aromatic rings. The molecule has 2 N–H and O–H groups in total. The molecule has 8 nitrogen and oxygen atoms in total. The van der Waals surface area contributed by atoms with Crippen LogP contribution < -0.4 is 0 Å². The molecular formula is C12H18O8. The molecule has 0 radical (unpaired) electrons. The Morgan fingerprint density at radius 1 is 1.10 bits per heavy atom. The van der Waals surface area contributed by atoms with Crippen molar-refractivity contribution in [3.05, 3.63) is 0 Å². The maximum absolute atomic E-state index is 11.7. The second kappa shape index (κ2) is 7.59. The Labute approximate surface area is 115 Å². The molecular weight excluding hydrogens is 272 g/mol. The third kappa shape index (κ3) is 4.30. The molecule has 0 rings (SSSR count). The predicted octanol–water partition coefficient (Wildman–Crippen LogP) is -0.476. The zero-order chi connectivity index (χ0) is 15.9. The van der Waals surface area contributed by atoms with E-state index in [2.05, 4.69) is 9.47 Å². The quantitative estimate of drug-likeness (QED) is 0.453. The van der Waals surface area contributed by atoms with Crippen molar-refractivity contribution in [1.29, 1.82) is 0 Å². The van der Waals surface area contributed by atoms with E-state index in [4.69, 9.17) is 5.11 Å². The second-order valence-electron chi connectivity index (χ2n) is 4.01. The van der Waals surface area contributed by atoms with E-state index < -0.39 is 41.6 Å². The van der Waals surface area contributed by atoms with Gasteiger partial charge in [0.25, 0.3) is 0 Å². The summed E-state index contributed by atoms with van der Waals surface area (Å²) in [6, 6.07) is 0. The lowest BCUT2D eigenvalue weighted by molar-refractivity contribution is -0.183. The fraction of sp³-hybridized carbons (Fsp3) is 0.667. The van der Waals surface area contributed by atoms with Crippen molar-refractivity contribution in [2.75, 3.05) is 13.2 Å². The van der Waals surface area contributed by atoms with Crippen LogP contribution in [0, 0.1) is 5.92 Å². The van der Waals surface area contributed by atoms with Gasteiger partial charge in [-0.15, -0.1) is 0 Å². The minimum absolute atomic E-state index is 0.0291. The molecule has 0 aromatic heterocycles. The first kappa shape index (κ1) is 18.0. The lowest BCUT2D eigenvalue weighted by Gasteiger charge is -2.28. The van der Waals surface area contributed by atoms with Crippen LogP contribution in [0.4, 0.5) is 0 Å². The van der Waals surface area contributed by atoms with E-state index in [0.717, 1.165) is 6.92 Å². The molecule has 8 heteroatoms. The largest absolute Gasteiger partial charge is 0.479 e. The molecule has 0 spiro atoms. The molecule has 0 heterocycles. The van der Waals surface area contributed by atoms with Crippen LogP contribution in [-0.4, -0.2) is 52.7 Å². The SMILES string of the molecule is CCOC(=O)CC(O)(C(=O)O)C(C(C)=O)C(=O)OCC. The highest BCUT2D eigenvalue weighted by atomic mass is 16.5. The van der Waals surface area contributed by atoms with Gasteiger partial charge in [0.05, 0.1) is 19.6 Å². The zero-order valence-electron chi connectivity index (χ0n) is 11.5. The highest BCUT2D eigenvalue weighted by Crippen LogP contribution is 2.25. The Bertz CT molecular complexity index is 402. The van der Waals surface area contributed by atoms with Crippen molar-refractivity contribution >= 4 is 23.7 Å². The molecule has 0 aliphatic carbocycles. The van der Waals surface area contributed by atoms with Gasteiger partial charge in [0, 0.05) is 0 Å². The molecule has 2 atom stereocenters. The maximum atomic E-state index is 11.7. The highest BCUT2D eigenvalue weighted by Gasteiger charge is 2.53.